The highest BCUT2D eigenvalue weighted by atomic mass is 16.6. The maximum Gasteiger partial charge on any atom is 0.620 e. The number of ether oxygens (including phenoxy) is 2. The molecule has 3 heterocycles. The van der Waals surface area contributed by atoms with Gasteiger partial charge in [0.25, 0.3) is 0 Å². The van der Waals surface area contributed by atoms with Crippen LogP contribution in [0.25, 0.3) is 11.2 Å². The average molecular weight is 504 g/mol. The molecule has 1 aliphatic rings. The number of aromatic nitrogens is 4. The highest BCUT2D eigenvalue weighted by Crippen LogP contribution is 2.26. The fourth-order valence-corrected chi connectivity index (χ4v) is 3.15. The van der Waals surface area contributed by atoms with E-state index < -0.39 is 42.4 Å². The van der Waals surface area contributed by atoms with Crippen LogP contribution in [-0.4, -0.2) is 87.0 Å². The van der Waals surface area contributed by atoms with E-state index in [0.717, 1.165) is 6.33 Å². The van der Waals surface area contributed by atoms with Crippen LogP contribution in [0.3, 0.4) is 0 Å². The van der Waals surface area contributed by atoms with Crippen molar-refractivity contribution in [2.45, 2.75) is 59.2 Å². The van der Waals surface area contributed by atoms with Crippen LogP contribution in [0.5, 0.6) is 0 Å². The molecule has 194 valence electrons. The Balaban J connectivity index is 1.97. The Morgan fingerprint density at radius 1 is 0.972 bits per heavy atom. The van der Waals surface area contributed by atoms with Crippen LogP contribution in [-0.2, 0) is 34.8 Å². The maximum atomic E-state index is 13.0. The first-order chi connectivity index (χ1) is 16.6. The number of hydrogen-bond acceptors (Lipinski definition) is 12. The van der Waals surface area contributed by atoms with Crippen LogP contribution < -0.4 is 4.90 Å². The molecule has 14 nitrogen and oxygen atoms in total. The third-order valence-corrected chi connectivity index (χ3v) is 4.42. The van der Waals surface area contributed by atoms with Gasteiger partial charge in [-0.3, -0.25) is 14.5 Å². The monoisotopic (exact) mass is 504 g/mol. The van der Waals surface area contributed by atoms with Crippen molar-refractivity contribution in [2.75, 3.05) is 25.0 Å². The molecule has 0 spiro atoms. The van der Waals surface area contributed by atoms with Crippen LogP contribution in [0.15, 0.2) is 12.7 Å². The summed E-state index contributed by atoms with van der Waals surface area (Å²) in [7, 11) is 0.355. The van der Waals surface area contributed by atoms with Crippen LogP contribution in [0.1, 0.15) is 41.5 Å². The highest BCUT2D eigenvalue weighted by Gasteiger charge is 2.37. The van der Waals surface area contributed by atoms with E-state index in [1.54, 1.807) is 48.6 Å². The van der Waals surface area contributed by atoms with Crippen molar-refractivity contribution in [1.29, 1.82) is 0 Å². The topological polar surface area (TPSA) is 155 Å². The number of fused-ring (bicyclic) bond motifs is 1. The van der Waals surface area contributed by atoms with Gasteiger partial charge in [0.05, 0.1) is 25.9 Å². The van der Waals surface area contributed by atoms with E-state index >= 15 is 0 Å². The van der Waals surface area contributed by atoms with Crippen LogP contribution in [0, 0.1) is 0 Å². The van der Waals surface area contributed by atoms with Crippen molar-refractivity contribution in [1.82, 2.24) is 24.4 Å². The molecule has 0 unspecified atom stereocenters. The summed E-state index contributed by atoms with van der Waals surface area (Å²) in [6.07, 6.45) is 0.296. The van der Waals surface area contributed by atoms with Crippen molar-refractivity contribution >= 4 is 48.2 Å². The zero-order valence-electron chi connectivity index (χ0n) is 21.3. The number of carbonyl (C=O) groups is 4. The van der Waals surface area contributed by atoms with Crippen LogP contribution in [0.4, 0.5) is 15.4 Å². The Hall–Kier alpha value is -3.75. The molecule has 0 aliphatic carbocycles. The van der Waals surface area contributed by atoms with Gasteiger partial charge in [-0.15, -0.1) is 0 Å². The van der Waals surface area contributed by atoms with E-state index in [2.05, 4.69) is 15.0 Å². The third-order valence-electron chi connectivity index (χ3n) is 4.42. The smallest absolute Gasteiger partial charge is 0.497 e. The fraction of sp³-hybridized carbons (Fsp3) is 0.571. The average Bonchev–Trinajstić information content (AvgIpc) is 3.07. The molecule has 1 aliphatic heterocycles. The zero-order chi connectivity index (χ0) is 26.8. The second kappa shape index (κ2) is 10.1. The van der Waals surface area contributed by atoms with Crippen LogP contribution in [0.2, 0.25) is 0 Å². The minimum Gasteiger partial charge on any atom is -0.497 e. The van der Waals surface area contributed by atoms with E-state index in [-0.39, 0.29) is 36.5 Å². The van der Waals surface area contributed by atoms with Gasteiger partial charge in [0, 0.05) is 0 Å². The van der Waals surface area contributed by atoms with Crippen molar-refractivity contribution in [3.8, 4) is 0 Å². The normalized spacial score (nSPS) is 15.6. The molecule has 1 fully saturated rings. The highest BCUT2D eigenvalue weighted by molar-refractivity contribution is 6.48. The van der Waals surface area contributed by atoms with E-state index in [1.807, 2.05) is 0 Å². The Labute approximate surface area is 208 Å². The molecular formula is C21H29BN6O8. The molecule has 0 N–H and O–H groups in total. The van der Waals surface area contributed by atoms with Gasteiger partial charge in [-0.1, -0.05) is 0 Å². The molecule has 0 atom stereocenters. The number of hydrogen-bond donors (Lipinski definition) is 0. The number of carbonyl (C=O) groups excluding carboxylic acids is 4. The van der Waals surface area contributed by atoms with Gasteiger partial charge in [-0.05, 0) is 48.6 Å². The molecule has 2 aromatic rings. The number of amides is 2. The summed E-state index contributed by atoms with van der Waals surface area (Å²) in [6, 6.07) is 0. The lowest BCUT2D eigenvalue weighted by atomic mass is 9.89. The van der Waals surface area contributed by atoms with Crippen LogP contribution >= 0.6 is 0 Å². The molecule has 3 rings (SSSR count). The Morgan fingerprint density at radius 3 is 2.00 bits per heavy atom. The predicted octanol–water partition coefficient (Wildman–Crippen LogP) is 1.56. The van der Waals surface area contributed by atoms with E-state index in [1.165, 1.54) is 15.8 Å². The second-order valence-corrected chi connectivity index (χ2v) is 10.1. The summed E-state index contributed by atoms with van der Waals surface area (Å²) < 4.78 is 22.7. The van der Waals surface area contributed by atoms with Crippen molar-refractivity contribution in [3.63, 3.8) is 0 Å². The van der Waals surface area contributed by atoms with Gasteiger partial charge in [0.2, 0.25) is 0 Å². The number of rotatable bonds is 3. The molecule has 0 saturated carbocycles. The van der Waals surface area contributed by atoms with Gasteiger partial charge in [0.15, 0.2) is 17.0 Å². The zero-order valence-corrected chi connectivity index (χ0v) is 21.3. The molecule has 2 amide bonds. The number of imidazole rings is 1. The maximum absolute atomic E-state index is 13.0. The van der Waals surface area contributed by atoms with Gasteiger partial charge in [-0.2, -0.15) is 4.90 Å². The van der Waals surface area contributed by atoms with E-state index in [9.17, 15) is 19.2 Å². The lowest BCUT2D eigenvalue weighted by Crippen LogP contribution is -2.44. The Bertz CT molecular complexity index is 1120. The number of imide groups is 1. The van der Waals surface area contributed by atoms with E-state index in [0.29, 0.717) is 4.90 Å². The molecule has 2 aromatic heterocycles. The lowest BCUT2D eigenvalue weighted by Gasteiger charge is -2.28. The standard InChI is InChI=1S/C21H29BN6O8/c1-20(2,3)33-18(31)28(19(32)34-21(4,5)6)17-15-16(23-11-24-17)27(12-25-15)10-22-35-13(29)8-26(7)9-14(30)36-22/h11-12H,8-10H2,1-7H3. The molecule has 36 heavy (non-hydrogen) atoms. The summed E-state index contributed by atoms with van der Waals surface area (Å²) in [4.78, 5) is 64.8. The SMILES string of the molecule is CN1CC(=O)OB(Cn2cnc3c(N(C(=O)OC(C)(C)C)C(=O)OC(C)(C)C)ncnc32)OC(=O)C1. The predicted molar refractivity (Wildman–Crippen MR) is 126 cm³/mol. The Morgan fingerprint density at radius 2 is 1.50 bits per heavy atom. The van der Waals surface area contributed by atoms with Crippen molar-refractivity contribution in [2.24, 2.45) is 0 Å². The summed E-state index contributed by atoms with van der Waals surface area (Å²) in [5, 5.41) is 0. The largest absolute Gasteiger partial charge is 0.620 e. The Kier molecular flexibility index (Phi) is 7.52. The molecule has 15 heteroatoms. The molecule has 0 bridgehead atoms. The van der Waals surface area contributed by atoms with Gasteiger partial charge < -0.3 is 23.3 Å². The number of anilines is 1. The first kappa shape index (κ1) is 26.9. The number of nitrogens with zero attached hydrogens (tertiary/aromatic N) is 6. The molecular weight excluding hydrogens is 475 g/mol. The van der Waals surface area contributed by atoms with Gasteiger partial charge >= 0.3 is 31.2 Å². The van der Waals surface area contributed by atoms with Crippen molar-refractivity contribution in [3.05, 3.63) is 12.7 Å². The summed E-state index contributed by atoms with van der Waals surface area (Å²) in [6.45, 7) is 9.74. The lowest BCUT2D eigenvalue weighted by molar-refractivity contribution is -0.145. The number of likely N-dealkylation sites (N-methyl/N-ethyl adjacent to an activating group) is 1. The summed E-state index contributed by atoms with van der Waals surface area (Å²) >= 11 is 0. The minimum atomic E-state index is -1.23. The van der Waals surface area contributed by atoms with Crippen molar-refractivity contribution < 1.29 is 38.0 Å². The fourth-order valence-electron chi connectivity index (χ4n) is 3.15. The molecule has 0 radical (unpaired) electrons. The summed E-state index contributed by atoms with van der Waals surface area (Å²) in [5.74, 6) is -1.32. The quantitative estimate of drug-likeness (QED) is 0.557. The molecule has 0 aromatic carbocycles. The molecule has 1 saturated heterocycles. The summed E-state index contributed by atoms with van der Waals surface area (Å²) in [5.41, 5.74) is -1.58. The first-order valence-corrected chi connectivity index (χ1v) is 11.1. The van der Waals surface area contributed by atoms with E-state index in [4.69, 9.17) is 18.8 Å². The first-order valence-electron chi connectivity index (χ1n) is 11.1. The van der Waals surface area contributed by atoms with Gasteiger partial charge in [-0.25, -0.2) is 24.5 Å². The van der Waals surface area contributed by atoms with Gasteiger partial charge in [0.1, 0.15) is 17.5 Å². The third kappa shape index (κ3) is 6.90. The minimum absolute atomic E-state index is 0.0671. The second-order valence-electron chi connectivity index (χ2n) is 10.1.